The number of rotatable bonds is 5. The van der Waals surface area contributed by atoms with E-state index in [1.54, 1.807) is 7.11 Å². The fourth-order valence-corrected chi connectivity index (χ4v) is 1.11. The molecule has 0 heterocycles. The molecule has 0 bridgehead atoms. The minimum Gasteiger partial charge on any atom is -0.497 e. The van der Waals surface area contributed by atoms with Gasteiger partial charge in [0.15, 0.2) is 0 Å². The van der Waals surface area contributed by atoms with E-state index >= 15 is 0 Å². The highest BCUT2D eigenvalue weighted by Gasteiger charge is 1.93. The summed E-state index contributed by atoms with van der Waals surface area (Å²) in [6, 6.07) is 7.66. The smallest absolute Gasteiger partial charge is 0.131 e. The van der Waals surface area contributed by atoms with Gasteiger partial charge >= 0.3 is 0 Å². The van der Waals surface area contributed by atoms with Crippen molar-refractivity contribution in [3.8, 4) is 17.6 Å². The Morgan fingerprint density at radius 3 is 2.62 bits per heavy atom. The summed E-state index contributed by atoms with van der Waals surface area (Å²) >= 11 is 0. The number of methoxy groups -OCH3 is 1. The first kappa shape index (κ1) is 12.3. The van der Waals surface area contributed by atoms with Gasteiger partial charge in [-0.15, -0.1) is 0 Å². The van der Waals surface area contributed by atoms with Crippen LogP contribution in [0.25, 0.3) is 0 Å². The van der Waals surface area contributed by atoms with Crippen LogP contribution in [-0.2, 0) is 16.1 Å². The number of aldehydes is 1. The average Bonchev–Trinajstić information content (AvgIpc) is 2.34. The second-order valence-electron chi connectivity index (χ2n) is 3.07. The van der Waals surface area contributed by atoms with Gasteiger partial charge in [0, 0.05) is 0 Å². The summed E-state index contributed by atoms with van der Waals surface area (Å²) in [4.78, 5) is 9.96. The third kappa shape index (κ3) is 4.63. The molecule has 0 atom stereocenters. The quantitative estimate of drug-likeness (QED) is 0.429. The lowest BCUT2D eigenvalue weighted by molar-refractivity contribution is -0.107. The van der Waals surface area contributed by atoms with Crippen molar-refractivity contribution in [2.24, 2.45) is 0 Å². The Bertz CT molecular complexity index is 370. The van der Waals surface area contributed by atoms with Crippen LogP contribution >= 0.6 is 0 Å². The van der Waals surface area contributed by atoms with E-state index in [0.29, 0.717) is 13.2 Å². The lowest BCUT2D eigenvalue weighted by Gasteiger charge is -2.02. The summed E-state index contributed by atoms with van der Waals surface area (Å²) in [6.07, 6.45) is 1.04. The molecular weight excluding hydrogens is 204 g/mol. The van der Waals surface area contributed by atoms with E-state index in [1.165, 1.54) is 0 Å². The highest BCUT2D eigenvalue weighted by molar-refractivity contribution is 5.53. The first-order valence-electron chi connectivity index (χ1n) is 4.97. The normalized spacial score (nSPS) is 9.06. The molecule has 16 heavy (non-hydrogen) atoms. The van der Waals surface area contributed by atoms with E-state index < -0.39 is 0 Å². The molecule has 0 saturated carbocycles. The molecule has 3 heteroatoms. The van der Waals surface area contributed by atoms with E-state index in [2.05, 4.69) is 11.8 Å². The summed E-state index contributed by atoms with van der Waals surface area (Å²) in [5, 5.41) is 0. The molecule has 0 aromatic heterocycles. The maximum absolute atomic E-state index is 9.96. The van der Waals surface area contributed by atoms with Crippen LogP contribution in [0.15, 0.2) is 24.3 Å². The Balaban J connectivity index is 2.27. The van der Waals surface area contributed by atoms with Crippen molar-refractivity contribution in [1.29, 1.82) is 0 Å². The Morgan fingerprint density at radius 1 is 1.25 bits per heavy atom. The van der Waals surface area contributed by atoms with Gasteiger partial charge in [0.05, 0.1) is 20.1 Å². The number of benzene rings is 1. The van der Waals surface area contributed by atoms with Gasteiger partial charge in [0.1, 0.15) is 18.6 Å². The average molecular weight is 218 g/mol. The molecule has 3 nitrogen and oxygen atoms in total. The molecule has 84 valence electrons. The van der Waals surface area contributed by atoms with E-state index in [1.807, 2.05) is 24.3 Å². The Labute approximate surface area is 95.4 Å². The fourth-order valence-electron chi connectivity index (χ4n) is 1.11. The number of carbonyl (C=O) groups excluding carboxylic acids is 1. The molecule has 1 rings (SSSR count). The lowest BCUT2D eigenvalue weighted by atomic mass is 10.2. The fraction of sp³-hybridized carbons (Fsp3) is 0.308. The molecule has 0 fully saturated rings. The second-order valence-corrected chi connectivity index (χ2v) is 3.07. The molecule has 0 aliphatic rings. The zero-order chi connectivity index (χ0) is 11.6. The number of ether oxygens (including phenoxy) is 2. The number of hydrogen-bond acceptors (Lipinski definition) is 3. The molecule has 0 radical (unpaired) electrons. The van der Waals surface area contributed by atoms with Gasteiger partial charge in [-0.25, -0.2) is 0 Å². The highest BCUT2D eigenvalue weighted by atomic mass is 16.5. The van der Waals surface area contributed by atoms with Crippen LogP contribution in [0.5, 0.6) is 5.75 Å². The third-order valence-corrected chi connectivity index (χ3v) is 1.91. The van der Waals surface area contributed by atoms with Crippen LogP contribution in [0, 0.1) is 11.8 Å². The molecule has 1 aromatic rings. The van der Waals surface area contributed by atoms with Crippen molar-refractivity contribution in [2.75, 3.05) is 13.7 Å². The van der Waals surface area contributed by atoms with Gasteiger partial charge < -0.3 is 14.3 Å². The van der Waals surface area contributed by atoms with E-state index in [9.17, 15) is 4.79 Å². The van der Waals surface area contributed by atoms with Gasteiger partial charge in [0.2, 0.25) is 0 Å². The van der Waals surface area contributed by atoms with Gasteiger partial charge in [-0.1, -0.05) is 24.0 Å². The van der Waals surface area contributed by atoms with E-state index in [-0.39, 0.29) is 6.42 Å². The largest absolute Gasteiger partial charge is 0.497 e. The van der Waals surface area contributed by atoms with Crippen molar-refractivity contribution in [3.63, 3.8) is 0 Å². The standard InChI is InChI=1S/C13H14O3/c1-15-13-7-5-12(6-8-13)11-16-10-4-2-3-9-14/h5-9H,3,10-11H2,1H3. The Hall–Kier alpha value is -1.79. The van der Waals surface area contributed by atoms with E-state index in [0.717, 1.165) is 17.6 Å². The van der Waals surface area contributed by atoms with Crippen LogP contribution in [0.2, 0.25) is 0 Å². The molecule has 0 saturated heterocycles. The minimum absolute atomic E-state index is 0.270. The molecule has 0 aliphatic carbocycles. The summed E-state index contributed by atoms with van der Waals surface area (Å²) in [7, 11) is 1.63. The zero-order valence-corrected chi connectivity index (χ0v) is 9.23. The van der Waals surface area contributed by atoms with E-state index in [4.69, 9.17) is 9.47 Å². The van der Waals surface area contributed by atoms with Crippen LogP contribution < -0.4 is 4.74 Å². The van der Waals surface area contributed by atoms with Gasteiger partial charge in [0.25, 0.3) is 0 Å². The summed E-state index contributed by atoms with van der Waals surface area (Å²) in [5.41, 5.74) is 1.07. The molecule has 0 amide bonds. The number of carbonyl (C=O) groups is 1. The molecule has 0 unspecified atom stereocenters. The third-order valence-electron chi connectivity index (χ3n) is 1.91. The van der Waals surface area contributed by atoms with Gasteiger partial charge in [-0.3, -0.25) is 0 Å². The van der Waals surface area contributed by atoms with Crippen molar-refractivity contribution in [3.05, 3.63) is 29.8 Å². The minimum atomic E-state index is 0.270. The highest BCUT2D eigenvalue weighted by Crippen LogP contribution is 2.11. The van der Waals surface area contributed by atoms with Crippen molar-refractivity contribution in [1.82, 2.24) is 0 Å². The molecular formula is C13H14O3. The van der Waals surface area contributed by atoms with Gasteiger partial charge in [-0.05, 0) is 17.7 Å². The molecule has 1 aromatic carbocycles. The summed E-state index contributed by atoms with van der Waals surface area (Å²) in [5.74, 6) is 6.26. The summed E-state index contributed by atoms with van der Waals surface area (Å²) in [6.45, 7) is 0.861. The van der Waals surface area contributed by atoms with Gasteiger partial charge in [-0.2, -0.15) is 0 Å². The molecule has 0 aliphatic heterocycles. The van der Waals surface area contributed by atoms with Crippen molar-refractivity contribution >= 4 is 6.29 Å². The van der Waals surface area contributed by atoms with Crippen molar-refractivity contribution in [2.45, 2.75) is 13.0 Å². The Kier molecular flexibility index (Phi) is 5.75. The Morgan fingerprint density at radius 2 is 2.00 bits per heavy atom. The number of hydrogen-bond donors (Lipinski definition) is 0. The maximum atomic E-state index is 9.96. The predicted octanol–water partition coefficient (Wildman–Crippen LogP) is 1.80. The zero-order valence-electron chi connectivity index (χ0n) is 9.23. The second kappa shape index (κ2) is 7.49. The predicted molar refractivity (Wildman–Crippen MR) is 61.1 cm³/mol. The first-order valence-corrected chi connectivity index (χ1v) is 4.97. The van der Waals surface area contributed by atoms with Crippen LogP contribution in [0.4, 0.5) is 0 Å². The molecule has 0 spiro atoms. The SMILES string of the molecule is COc1ccc(COCC#CCC=O)cc1. The summed E-state index contributed by atoms with van der Waals surface area (Å²) < 4.78 is 10.4. The van der Waals surface area contributed by atoms with Crippen LogP contribution in [0.1, 0.15) is 12.0 Å². The first-order chi connectivity index (χ1) is 7.86. The topological polar surface area (TPSA) is 35.5 Å². The van der Waals surface area contributed by atoms with Crippen LogP contribution in [0.3, 0.4) is 0 Å². The molecule has 0 N–H and O–H groups in total. The van der Waals surface area contributed by atoms with Crippen molar-refractivity contribution < 1.29 is 14.3 Å². The van der Waals surface area contributed by atoms with Crippen LogP contribution in [-0.4, -0.2) is 20.0 Å². The lowest BCUT2D eigenvalue weighted by Crippen LogP contribution is -1.93. The monoisotopic (exact) mass is 218 g/mol. The maximum Gasteiger partial charge on any atom is 0.131 e.